The number of rotatable bonds is 4. The predicted molar refractivity (Wildman–Crippen MR) is 122 cm³/mol. The fourth-order valence-electron chi connectivity index (χ4n) is 4.71. The Morgan fingerprint density at radius 1 is 1.06 bits per heavy atom. The maximum absolute atomic E-state index is 13.4. The maximum Gasteiger partial charge on any atom is 0.254 e. The van der Waals surface area contributed by atoms with E-state index in [-0.39, 0.29) is 23.7 Å². The van der Waals surface area contributed by atoms with Crippen molar-refractivity contribution < 1.29 is 14.0 Å². The molecule has 0 aliphatic carbocycles. The van der Waals surface area contributed by atoms with Gasteiger partial charge in [0.2, 0.25) is 5.91 Å². The molecule has 2 aromatic carbocycles. The van der Waals surface area contributed by atoms with Crippen LogP contribution in [0.3, 0.4) is 0 Å². The second kappa shape index (κ2) is 8.73. The minimum absolute atomic E-state index is 0.0143. The molecule has 1 fully saturated rings. The van der Waals surface area contributed by atoms with E-state index < -0.39 is 0 Å². The zero-order valence-corrected chi connectivity index (χ0v) is 18.5. The van der Waals surface area contributed by atoms with Crippen molar-refractivity contribution in [3.8, 4) is 0 Å². The summed E-state index contributed by atoms with van der Waals surface area (Å²) in [5.41, 5.74) is 3.27. The van der Waals surface area contributed by atoms with E-state index in [1.807, 2.05) is 42.2 Å². The van der Waals surface area contributed by atoms with E-state index in [1.54, 1.807) is 17.0 Å². The van der Waals surface area contributed by atoms with Crippen LogP contribution in [-0.4, -0.2) is 33.2 Å². The first-order valence-electron chi connectivity index (χ1n) is 11.3. The van der Waals surface area contributed by atoms with Crippen LogP contribution in [0.15, 0.2) is 54.6 Å². The summed E-state index contributed by atoms with van der Waals surface area (Å²) in [6.07, 6.45) is 2.64. The lowest BCUT2D eigenvalue weighted by Crippen LogP contribution is -2.37. The van der Waals surface area contributed by atoms with E-state index in [0.717, 1.165) is 29.7 Å². The number of hydrogen-bond donors (Lipinski definition) is 0. The second-order valence-electron chi connectivity index (χ2n) is 8.60. The van der Waals surface area contributed by atoms with Crippen molar-refractivity contribution >= 4 is 17.6 Å². The molecule has 1 aromatic heterocycles. The zero-order valence-electron chi connectivity index (χ0n) is 18.5. The van der Waals surface area contributed by atoms with Crippen molar-refractivity contribution in [1.29, 1.82) is 0 Å². The highest BCUT2D eigenvalue weighted by molar-refractivity contribution is 5.96. The molecule has 1 atom stereocenters. The summed E-state index contributed by atoms with van der Waals surface area (Å²) in [6, 6.07) is 15.2. The molecule has 0 radical (unpaired) electrons. The van der Waals surface area contributed by atoms with Gasteiger partial charge in [0.25, 0.3) is 5.91 Å². The minimum Gasteiger partial charge on any atom is -0.328 e. The summed E-state index contributed by atoms with van der Waals surface area (Å²) < 4.78 is 13.4. The smallest absolute Gasteiger partial charge is 0.254 e. The standard InChI is InChI=1S/C26H25FN4O2/c1-17-21-13-14-23(32)31(16-18-9-11-20(27)12-10-18)25(21)29-24(28-17)22-8-5-15-30(22)26(33)19-6-3-2-4-7-19/h2-4,6-7,9-12,22H,5,8,13-16H2,1H3/t22-/m0/s1. The average molecular weight is 445 g/mol. The topological polar surface area (TPSA) is 66.4 Å². The van der Waals surface area contributed by atoms with Gasteiger partial charge in [0, 0.05) is 29.8 Å². The Morgan fingerprint density at radius 3 is 2.58 bits per heavy atom. The molecule has 7 heteroatoms. The highest BCUT2D eigenvalue weighted by Gasteiger charge is 2.35. The summed E-state index contributed by atoms with van der Waals surface area (Å²) >= 11 is 0. The quantitative estimate of drug-likeness (QED) is 0.599. The number of hydrogen-bond acceptors (Lipinski definition) is 4. The molecule has 33 heavy (non-hydrogen) atoms. The third-order valence-electron chi connectivity index (χ3n) is 6.44. The van der Waals surface area contributed by atoms with E-state index in [1.165, 1.54) is 12.1 Å². The Labute approximate surface area is 192 Å². The summed E-state index contributed by atoms with van der Waals surface area (Å²) in [7, 11) is 0. The molecular weight excluding hydrogens is 419 g/mol. The van der Waals surface area contributed by atoms with Gasteiger partial charge in [0.1, 0.15) is 11.6 Å². The number of likely N-dealkylation sites (tertiary alicyclic amines) is 1. The van der Waals surface area contributed by atoms with Crippen molar-refractivity contribution in [2.45, 2.75) is 45.2 Å². The van der Waals surface area contributed by atoms with Gasteiger partial charge >= 0.3 is 0 Å². The van der Waals surface area contributed by atoms with Gasteiger partial charge in [-0.3, -0.25) is 14.5 Å². The van der Waals surface area contributed by atoms with Crippen molar-refractivity contribution in [2.24, 2.45) is 0 Å². The van der Waals surface area contributed by atoms with Crippen molar-refractivity contribution in [2.75, 3.05) is 11.4 Å². The Kier molecular flexibility index (Phi) is 5.62. The summed E-state index contributed by atoms with van der Waals surface area (Å²) in [5.74, 6) is 0.828. The van der Waals surface area contributed by atoms with Gasteiger partial charge in [-0.2, -0.15) is 0 Å². The van der Waals surface area contributed by atoms with Crippen LogP contribution in [0.4, 0.5) is 10.2 Å². The van der Waals surface area contributed by atoms with Crippen LogP contribution < -0.4 is 4.90 Å². The van der Waals surface area contributed by atoms with Crippen molar-refractivity contribution in [1.82, 2.24) is 14.9 Å². The highest BCUT2D eigenvalue weighted by atomic mass is 19.1. The van der Waals surface area contributed by atoms with Gasteiger partial charge < -0.3 is 4.90 Å². The first-order valence-corrected chi connectivity index (χ1v) is 11.3. The second-order valence-corrected chi connectivity index (χ2v) is 8.60. The summed E-state index contributed by atoms with van der Waals surface area (Å²) in [6.45, 7) is 2.91. The van der Waals surface area contributed by atoms with Crippen LogP contribution in [0, 0.1) is 12.7 Å². The number of benzene rings is 2. The van der Waals surface area contributed by atoms with E-state index in [0.29, 0.717) is 43.1 Å². The van der Waals surface area contributed by atoms with Crippen LogP contribution in [-0.2, 0) is 17.8 Å². The molecule has 2 aliphatic rings. The third-order valence-corrected chi connectivity index (χ3v) is 6.44. The number of carbonyl (C=O) groups excluding carboxylic acids is 2. The molecule has 0 N–H and O–H groups in total. The molecule has 2 aliphatic heterocycles. The van der Waals surface area contributed by atoms with Gasteiger partial charge in [-0.15, -0.1) is 0 Å². The number of aromatic nitrogens is 2. The molecule has 0 unspecified atom stereocenters. The van der Waals surface area contributed by atoms with Gasteiger partial charge in [-0.1, -0.05) is 30.3 Å². The Morgan fingerprint density at radius 2 is 1.82 bits per heavy atom. The largest absolute Gasteiger partial charge is 0.328 e. The maximum atomic E-state index is 13.4. The van der Waals surface area contributed by atoms with Gasteiger partial charge in [-0.25, -0.2) is 14.4 Å². The first kappa shape index (κ1) is 21.2. The van der Waals surface area contributed by atoms with Crippen LogP contribution in [0.1, 0.15) is 58.3 Å². The van der Waals surface area contributed by atoms with E-state index in [9.17, 15) is 14.0 Å². The molecule has 6 nitrogen and oxygen atoms in total. The Bertz CT molecular complexity index is 1200. The number of nitrogens with zero attached hydrogens (tertiary/aromatic N) is 4. The number of aryl methyl sites for hydroxylation is 1. The molecule has 0 saturated carbocycles. The first-order chi connectivity index (χ1) is 16.0. The molecule has 0 spiro atoms. The molecule has 2 amide bonds. The normalized spacial score (nSPS) is 17.9. The van der Waals surface area contributed by atoms with E-state index in [4.69, 9.17) is 9.97 Å². The van der Waals surface area contributed by atoms with Crippen LogP contribution in [0.25, 0.3) is 0 Å². The minimum atomic E-state index is -0.311. The SMILES string of the molecule is Cc1nc([C@@H]2CCCN2C(=O)c2ccccc2)nc2c1CCC(=O)N2Cc1ccc(F)cc1. The van der Waals surface area contributed by atoms with Gasteiger partial charge in [0.05, 0.1) is 12.6 Å². The van der Waals surface area contributed by atoms with Gasteiger partial charge in [0.15, 0.2) is 5.82 Å². The molecule has 168 valence electrons. The zero-order chi connectivity index (χ0) is 22.9. The molecular formula is C26H25FN4O2. The molecule has 0 bridgehead atoms. The van der Waals surface area contributed by atoms with Crippen LogP contribution >= 0.6 is 0 Å². The fraction of sp³-hybridized carbons (Fsp3) is 0.308. The number of carbonyl (C=O) groups is 2. The van der Waals surface area contributed by atoms with E-state index in [2.05, 4.69) is 0 Å². The van der Waals surface area contributed by atoms with Crippen molar-refractivity contribution in [3.63, 3.8) is 0 Å². The highest BCUT2D eigenvalue weighted by Crippen LogP contribution is 2.35. The Hall–Kier alpha value is -3.61. The summed E-state index contributed by atoms with van der Waals surface area (Å²) in [5, 5.41) is 0. The van der Waals surface area contributed by atoms with Crippen molar-refractivity contribution in [3.05, 3.63) is 88.6 Å². The van der Waals surface area contributed by atoms with E-state index >= 15 is 0 Å². The fourth-order valence-corrected chi connectivity index (χ4v) is 4.71. The molecule has 3 heterocycles. The lowest BCUT2D eigenvalue weighted by Gasteiger charge is -2.31. The predicted octanol–water partition coefficient (Wildman–Crippen LogP) is 4.38. The number of halogens is 1. The summed E-state index contributed by atoms with van der Waals surface area (Å²) in [4.78, 5) is 39.2. The lowest BCUT2D eigenvalue weighted by atomic mass is 10.0. The average Bonchev–Trinajstić information content (AvgIpc) is 3.32. The van der Waals surface area contributed by atoms with Gasteiger partial charge in [-0.05, 0) is 56.0 Å². The van der Waals surface area contributed by atoms with Crippen LogP contribution in [0.5, 0.6) is 0 Å². The molecule has 3 aromatic rings. The number of fused-ring (bicyclic) bond motifs is 1. The monoisotopic (exact) mass is 444 g/mol. The molecule has 5 rings (SSSR count). The lowest BCUT2D eigenvalue weighted by molar-refractivity contribution is -0.119. The Balaban J connectivity index is 1.49. The van der Waals surface area contributed by atoms with Crippen LogP contribution in [0.2, 0.25) is 0 Å². The number of amides is 2. The third kappa shape index (κ3) is 4.11. The molecule has 1 saturated heterocycles. The number of anilines is 1.